The van der Waals surface area contributed by atoms with Crippen LogP contribution in [0.1, 0.15) is 5.56 Å². The molecule has 1 aromatic heterocycles. The van der Waals surface area contributed by atoms with Gasteiger partial charge in [0.2, 0.25) is 0 Å². The summed E-state index contributed by atoms with van der Waals surface area (Å²) in [5.41, 5.74) is 2.40. The molecule has 0 bridgehead atoms. The molecule has 1 heterocycles. The van der Waals surface area contributed by atoms with Crippen molar-refractivity contribution in [1.82, 2.24) is 10.2 Å². The molecule has 0 saturated carbocycles. The van der Waals surface area contributed by atoms with E-state index in [2.05, 4.69) is 15.5 Å². The molecule has 0 aliphatic heterocycles. The summed E-state index contributed by atoms with van der Waals surface area (Å²) < 4.78 is 24.9. The highest BCUT2D eigenvalue weighted by atomic mass is 35.5. The monoisotopic (exact) mass is 419 g/mol. The van der Waals surface area contributed by atoms with Crippen LogP contribution < -0.4 is 14.8 Å². The van der Waals surface area contributed by atoms with E-state index in [1.807, 2.05) is 24.5 Å². The minimum Gasteiger partial charge on any atom is -0.497 e. The van der Waals surface area contributed by atoms with Crippen LogP contribution in [0.15, 0.2) is 47.5 Å². The van der Waals surface area contributed by atoms with Gasteiger partial charge in [0, 0.05) is 28.8 Å². The molecule has 0 radical (unpaired) electrons. The van der Waals surface area contributed by atoms with Gasteiger partial charge in [-0.25, -0.2) is 4.39 Å². The van der Waals surface area contributed by atoms with Crippen LogP contribution >= 0.6 is 23.4 Å². The predicted molar refractivity (Wildman–Crippen MR) is 111 cm³/mol. The molecule has 0 amide bonds. The van der Waals surface area contributed by atoms with Crippen molar-refractivity contribution < 1.29 is 13.9 Å². The zero-order valence-electron chi connectivity index (χ0n) is 15.6. The number of hydrogen-bond donors (Lipinski definition) is 1. The largest absolute Gasteiger partial charge is 0.497 e. The Morgan fingerprint density at radius 3 is 2.61 bits per heavy atom. The van der Waals surface area contributed by atoms with Crippen molar-refractivity contribution in [3.05, 3.63) is 58.9 Å². The Hall–Kier alpha value is -2.51. The van der Waals surface area contributed by atoms with E-state index in [9.17, 15) is 4.39 Å². The van der Waals surface area contributed by atoms with Crippen molar-refractivity contribution in [2.24, 2.45) is 0 Å². The standard InChI is InChI=1S/C20H19ClFN3O2S/c1-26-14-6-4-12(19(9-14)27-2)11-23-18-10-17(24-25-20(18)28-3)15-8-13(21)5-7-16(15)22/h4-10H,11H2,1-3H3,(H,23,24). The lowest BCUT2D eigenvalue weighted by Crippen LogP contribution is -2.05. The lowest BCUT2D eigenvalue weighted by Gasteiger charge is -2.14. The summed E-state index contributed by atoms with van der Waals surface area (Å²) in [4.78, 5) is 0. The zero-order chi connectivity index (χ0) is 20.1. The maximum atomic E-state index is 14.2. The van der Waals surface area contributed by atoms with Gasteiger partial charge in [0.15, 0.2) is 0 Å². The Balaban J connectivity index is 1.90. The Labute approximate surface area is 172 Å². The maximum absolute atomic E-state index is 14.2. The number of aromatic nitrogens is 2. The number of thioether (sulfide) groups is 1. The van der Waals surface area contributed by atoms with Crippen LogP contribution in [-0.2, 0) is 6.54 Å². The fourth-order valence-electron chi connectivity index (χ4n) is 2.67. The van der Waals surface area contributed by atoms with Gasteiger partial charge in [0.1, 0.15) is 22.3 Å². The average Bonchev–Trinajstić information content (AvgIpc) is 2.73. The van der Waals surface area contributed by atoms with Gasteiger partial charge >= 0.3 is 0 Å². The van der Waals surface area contributed by atoms with E-state index in [1.165, 1.54) is 30.0 Å². The molecule has 0 saturated heterocycles. The van der Waals surface area contributed by atoms with Crippen molar-refractivity contribution in [2.75, 3.05) is 25.8 Å². The van der Waals surface area contributed by atoms with Gasteiger partial charge < -0.3 is 14.8 Å². The number of nitrogens with one attached hydrogen (secondary N) is 1. The third-order valence-corrected chi connectivity index (χ3v) is 5.04. The summed E-state index contributed by atoms with van der Waals surface area (Å²) in [5.74, 6) is 1.02. The molecule has 5 nitrogen and oxygen atoms in total. The number of benzene rings is 2. The molecule has 0 aliphatic rings. The van der Waals surface area contributed by atoms with E-state index in [1.54, 1.807) is 20.3 Å². The van der Waals surface area contributed by atoms with Crippen LogP contribution in [0.4, 0.5) is 10.1 Å². The highest BCUT2D eigenvalue weighted by molar-refractivity contribution is 7.98. The van der Waals surface area contributed by atoms with Crippen LogP contribution in [-0.4, -0.2) is 30.7 Å². The number of halogens is 2. The molecule has 3 rings (SSSR count). The van der Waals surface area contributed by atoms with E-state index in [-0.39, 0.29) is 0 Å². The fourth-order valence-corrected chi connectivity index (χ4v) is 3.32. The SMILES string of the molecule is COc1ccc(CNc2cc(-c3cc(Cl)ccc3F)nnc2SC)c(OC)c1. The van der Waals surface area contributed by atoms with Crippen molar-refractivity contribution in [2.45, 2.75) is 11.6 Å². The minimum atomic E-state index is -0.404. The number of nitrogens with zero attached hydrogens (tertiary/aromatic N) is 2. The van der Waals surface area contributed by atoms with E-state index in [4.69, 9.17) is 21.1 Å². The molecule has 1 N–H and O–H groups in total. The van der Waals surface area contributed by atoms with Gasteiger partial charge in [-0.05, 0) is 42.7 Å². The van der Waals surface area contributed by atoms with Gasteiger partial charge in [0.25, 0.3) is 0 Å². The average molecular weight is 420 g/mol. The summed E-state index contributed by atoms with van der Waals surface area (Å²) in [6.45, 7) is 0.490. The van der Waals surface area contributed by atoms with E-state index < -0.39 is 5.82 Å². The van der Waals surface area contributed by atoms with Crippen LogP contribution in [0.3, 0.4) is 0 Å². The van der Waals surface area contributed by atoms with Gasteiger partial charge in [0.05, 0.1) is 25.6 Å². The molecule has 146 valence electrons. The minimum absolute atomic E-state index is 0.303. The van der Waals surface area contributed by atoms with E-state index >= 15 is 0 Å². The van der Waals surface area contributed by atoms with Crippen LogP contribution in [0, 0.1) is 5.82 Å². The normalized spacial score (nSPS) is 10.6. The second-order valence-corrected chi connectivity index (χ2v) is 7.04. The smallest absolute Gasteiger partial charge is 0.142 e. The number of hydrogen-bond acceptors (Lipinski definition) is 6. The van der Waals surface area contributed by atoms with Gasteiger partial charge in [-0.3, -0.25) is 0 Å². The third kappa shape index (κ3) is 4.48. The Kier molecular flexibility index (Phi) is 6.59. The topological polar surface area (TPSA) is 56.3 Å². The molecule has 0 spiro atoms. The zero-order valence-corrected chi connectivity index (χ0v) is 17.2. The molecule has 28 heavy (non-hydrogen) atoms. The first-order valence-electron chi connectivity index (χ1n) is 8.37. The summed E-state index contributed by atoms with van der Waals surface area (Å²) in [6, 6.07) is 11.7. The maximum Gasteiger partial charge on any atom is 0.142 e. The second kappa shape index (κ2) is 9.12. The van der Waals surface area contributed by atoms with E-state index in [0.717, 1.165) is 17.0 Å². The lowest BCUT2D eigenvalue weighted by atomic mass is 10.1. The molecule has 8 heteroatoms. The number of ether oxygens (including phenoxy) is 2. The van der Waals surface area contributed by atoms with Crippen molar-refractivity contribution in [3.8, 4) is 22.8 Å². The fraction of sp³-hybridized carbons (Fsp3) is 0.200. The number of rotatable bonds is 7. The molecule has 2 aromatic carbocycles. The third-order valence-electron chi connectivity index (χ3n) is 4.12. The second-order valence-electron chi connectivity index (χ2n) is 5.81. The molecule has 0 unspecified atom stereocenters. The molecular formula is C20H19ClFN3O2S. The first kappa shape index (κ1) is 20.2. The van der Waals surface area contributed by atoms with Crippen molar-refractivity contribution in [3.63, 3.8) is 0 Å². The molecule has 3 aromatic rings. The molecule has 0 aliphatic carbocycles. The van der Waals surface area contributed by atoms with Crippen LogP contribution in [0.2, 0.25) is 5.02 Å². The number of anilines is 1. The molecule has 0 fully saturated rings. The highest BCUT2D eigenvalue weighted by Gasteiger charge is 2.13. The van der Waals surface area contributed by atoms with E-state index in [0.29, 0.717) is 33.6 Å². The van der Waals surface area contributed by atoms with Gasteiger partial charge in [-0.2, -0.15) is 0 Å². The lowest BCUT2D eigenvalue weighted by molar-refractivity contribution is 0.391. The first-order valence-corrected chi connectivity index (χ1v) is 9.98. The Morgan fingerprint density at radius 1 is 1.07 bits per heavy atom. The van der Waals surface area contributed by atoms with Crippen LogP contribution in [0.5, 0.6) is 11.5 Å². The number of methoxy groups -OCH3 is 2. The molecule has 0 atom stereocenters. The van der Waals surface area contributed by atoms with Gasteiger partial charge in [-0.15, -0.1) is 22.0 Å². The predicted octanol–water partition coefficient (Wildman–Crippen LogP) is 5.29. The highest BCUT2D eigenvalue weighted by Crippen LogP contribution is 2.31. The summed E-state index contributed by atoms with van der Waals surface area (Å²) in [5, 5.41) is 12.8. The Bertz CT molecular complexity index is 988. The molecular weight excluding hydrogens is 401 g/mol. The summed E-state index contributed by atoms with van der Waals surface area (Å²) >= 11 is 7.46. The van der Waals surface area contributed by atoms with Crippen molar-refractivity contribution in [1.29, 1.82) is 0 Å². The van der Waals surface area contributed by atoms with Crippen LogP contribution in [0.25, 0.3) is 11.3 Å². The van der Waals surface area contributed by atoms with Crippen molar-refractivity contribution >= 4 is 29.1 Å². The summed E-state index contributed by atoms with van der Waals surface area (Å²) in [6.07, 6.45) is 1.91. The summed E-state index contributed by atoms with van der Waals surface area (Å²) in [7, 11) is 3.22. The first-order chi connectivity index (χ1) is 13.5. The van der Waals surface area contributed by atoms with Gasteiger partial charge in [-0.1, -0.05) is 11.6 Å². The quantitative estimate of drug-likeness (QED) is 0.525. The Morgan fingerprint density at radius 2 is 1.89 bits per heavy atom.